The van der Waals surface area contributed by atoms with E-state index in [9.17, 15) is 9.18 Å². The number of hydrogen-bond acceptors (Lipinski definition) is 3. The van der Waals surface area contributed by atoms with Gasteiger partial charge in [0, 0.05) is 24.4 Å². The van der Waals surface area contributed by atoms with Gasteiger partial charge in [0.2, 0.25) is 11.8 Å². The van der Waals surface area contributed by atoms with Crippen LogP contribution in [0.25, 0.3) is 11.5 Å². The summed E-state index contributed by atoms with van der Waals surface area (Å²) >= 11 is 0. The van der Waals surface area contributed by atoms with Crippen LogP contribution < -0.4 is 5.32 Å². The third kappa shape index (κ3) is 4.18. The fourth-order valence-electron chi connectivity index (χ4n) is 2.97. The first-order valence-corrected chi connectivity index (χ1v) is 8.20. The second-order valence-electron chi connectivity index (χ2n) is 6.03. The van der Waals surface area contributed by atoms with Crippen molar-refractivity contribution in [3.8, 4) is 11.5 Å². The summed E-state index contributed by atoms with van der Waals surface area (Å²) in [5.41, 5.74) is 1.53. The normalized spacial score (nSPS) is 15.5. The molecular formula is C18H21FN2O2. The lowest BCUT2D eigenvalue weighted by molar-refractivity contribution is -0.125. The van der Waals surface area contributed by atoms with Crippen LogP contribution in [0.4, 0.5) is 4.39 Å². The molecule has 0 bridgehead atoms. The molecule has 1 aromatic carbocycles. The molecule has 0 atom stereocenters. The SMILES string of the molecule is O=C(NCCc1coc(-c2ccc(F)cc2)n1)C1CCCCC1. The average molecular weight is 316 g/mol. The van der Waals surface area contributed by atoms with Gasteiger partial charge in [0.15, 0.2) is 0 Å². The average Bonchev–Trinajstić information content (AvgIpc) is 3.05. The predicted molar refractivity (Wildman–Crippen MR) is 85.2 cm³/mol. The van der Waals surface area contributed by atoms with E-state index in [0.717, 1.165) is 36.9 Å². The third-order valence-corrected chi connectivity index (χ3v) is 4.30. The highest BCUT2D eigenvalue weighted by molar-refractivity contribution is 5.78. The number of amides is 1. The quantitative estimate of drug-likeness (QED) is 0.914. The Labute approximate surface area is 135 Å². The van der Waals surface area contributed by atoms with Crippen LogP contribution in [0.5, 0.6) is 0 Å². The molecule has 23 heavy (non-hydrogen) atoms. The lowest BCUT2D eigenvalue weighted by atomic mass is 9.89. The maximum absolute atomic E-state index is 12.9. The van der Waals surface area contributed by atoms with E-state index in [2.05, 4.69) is 10.3 Å². The Kier molecular flexibility index (Phi) is 5.05. The lowest BCUT2D eigenvalue weighted by Crippen LogP contribution is -2.33. The van der Waals surface area contributed by atoms with Crippen molar-refractivity contribution in [3.63, 3.8) is 0 Å². The Morgan fingerprint density at radius 3 is 2.70 bits per heavy atom. The van der Waals surface area contributed by atoms with Crippen molar-refractivity contribution in [1.82, 2.24) is 10.3 Å². The molecule has 0 saturated heterocycles. The Hall–Kier alpha value is -2.17. The van der Waals surface area contributed by atoms with E-state index in [-0.39, 0.29) is 17.6 Å². The monoisotopic (exact) mass is 316 g/mol. The molecule has 3 rings (SSSR count). The summed E-state index contributed by atoms with van der Waals surface area (Å²) < 4.78 is 18.3. The summed E-state index contributed by atoms with van der Waals surface area (Å²) in [5.74, 6) is 0.521. The molecule has 0 aliphatic heterocycles. The molecule has 1 N–H and O–H groups in total. The highest BCUT2D eigenvalue weighted by atomic mass is 19.1. The number of benzene rings is 1. The molecule has 1 aliphatic carbocycles. The highest BCUT2D eigenvalue weighted by Crippen LogP contribution is 2.23. The first kappa shape index (κ1) is 15.7. The van der Waals surface area contributed by atoms with Crippen molar-refractivity contribution in [1.29, 1.82) is 0 Å². The van der Waals surface area contributed by atoms with Gasteiger partial charge in [0.05, 0.1) is 5.69 Å². The van der Waals surface area contributed by atoms with E-state index in [1.165, 1.54) is 18.6 Å². The zero-order valence-corrected chi connectivity index (χ0v) is 13.1. The molecular weight excluding hydrogens is 295 g/mol. The highest BCUT2D eigenvalue weighted by Gasteiger charge is 2.20. The van der Waals surface area contributed by atoms with E-state index >= 15 is 0 Å². The largest absolute Gasteiger partial charge is 0.444 e. The number of rotatable bonds is 5. The van der Waals surface area contributed by atoms with E-state index in [0.29, 0.717) is 18.9 Å². The second kappa shape index (κ2) is 7.40. The van der Waals surface area contributed by atoms with Gasteiger partial charge in [-0.1, -0.05) is 19.3 Å². The molecule has 1 aliphatic rings. The zero-order chi connectivity index (χ0) is 16.1. The van der Waals surface area contributed by atoms with Crippen molar-refractivity contribution in [3.05, 3.63) is 42.0 Å². The summed E-state index contributed by atoms with van der Waals surface area (Å²) in [5, 5.41) is 2.99. The Bertz CT molecular complexity index is 645. The van der Waals surface area contributed by atoms with E-state index in [1.807, 2.05) is 0 Å². The van der Waals surface area contributed by atoms with Crippen LogP contribution in [0, 0.1) is 11.7 Å². The fourth-order valence-corrected chi connectivity index (χ4v) is 2.97. The maximum Gasteiger partial charge on any atom is 0.226 e. The lowest BCUT2D eigenvalue weighted by Gasteiger charge is -2.20. The molecule has 4 nitrogen and oxygen atoms in total. The Morgan fingerprint density at radius 1 is 1.22 bits per heavy atom. The van der Waals surface area contributed by atoms with Crippen LogP contribution in [0.15, 0.2) is 34.9 Å². The molecule has 0 radical (unpaired) electrons. The molecule has 5 heteroatoms. The molecule has 0 unspecified atom stereocenters. The first-order chi connectivity index (χ1) is 11.2. The van der Waals surface area contributed by atoms with Gasteiger partial charge in [0.1, 0.15) is 12.1 Å². The van der Waals surface area contributed by atoms with Crippen molar-refractivity contribution in [2.24, 2.45) is 5.92 Å². The summed E-state index contributed by atoms with van der Waals surface area (Å²) in [6.07, 6.45) is 7.78. The van der Waals surface area contributed by atoms with Crippen molar-refractivity contribution in [2.75, 3.05) is 6.54 Å². The van der Waals surface area contributed by atoms with Crippen LogP contribution in [0.1, 0.15) is 37.8 Å². The number of carbonyl (C=O) groups excluding carboxylic acids is 1. The summed E-state index contributed by atoms with van der Waals surface area (Å²) in [6, 6.07) is 6.03. The molecule has 122 valence electrons. The minimum atomic E-state index is -0.286. The van der Waals surface area contributed by atoms with Crippen LogP contribution in [-0.2, 0) is 11.2 Å². The minimum absolute atomic E-state index is 0.159. The topological polar surface area (TPSA) is 55.1 Å². The molecule has 1 saturated carbocycles. The Morgan fingerprint density at radius 2 is 1.96 bits per heavy atom. The second-order valence-corrected chi connectivity index (χ2v) is 6.03. The molecule has 1 aromatic heterocycles. The van der Waals surface area contributed by atoms with Crippen LogP contribution in [0.3, 0.4) is 0 Å². The van der Waals surface area contributed by atoms with Crippen LogP contribution in [-0.4, -0.2) is 17.4 Å². The van der Waals surface area contributed by atoms with E-state index < -0.39 is 0 Å². The van der Waals surface area contributed by atoms with Gasteiger partial charge in [-0.05, 0) is 37.1 Å². The Balaban J connectivity index is 1.49. The van der Waals surface area contributed by atoms with E-state index in [1.54, 1.807) is 18.4 Å². The number of carbonyl (C=O) groups is 1. The summed E-state index contributed by atoms with van der Waals surface area (Å²) in [4.78, 5) is 16.4. The van der Waals surface area contributed by atoms with Crippen LogP contribution >= 0.6 is 0 Å². The summed E-state index contributed by atoms with van der Waals surface area (Å²) in [7, 11) is 0. The smallest absolute Gasteiger partial charge is 0.226 e. The standard InChI is InChI=1S/C18H21FN2O2/c19-15-8-6-14(7-9-15)18-21-16(12-23-18)10-11-20-17(22)13-4-2-1-3-5-13/h6-9,12-13H,1-5,10-11H2,(H,20,22). The maximum atomic E-state index is 12.9. The van der Waals surface area contributed by atoms with Gasteiger partial charge >= 0.3 is 0 Å². The number of nitrogens with one attached hydrogen (secondary N) is 1. The van der Waals surface area contributed by atoms with Gasteiger partial charge < -0.3 is 9.73 Å². The number of nitrogens with zero attached hydrogens (tertiary/aromatic N) is 1. The van der Waals surface area contributed by atoms with Crippen molar-refractivity contribution < 1.29 is 13.6 Å². The van der Waals surface area contributed by atoms with Crippen LogP contribution in [0.2, 0.25) is 0 Å². The zero-order valence-electron chi connectivity index (χ0n) is 13.1. The molecule has 1 amide bonds. The molecule has 2 aromatic rings. The third-order valence-electron chi connectivity index (χ3n) is 4.30. The van der Waals surface area contributed by atoms with Crippen molar-refractivity contribution >= 4 is 5.91 Å². The van der Waals surface area contributed by atoms with E-state index in [4.69, 9.17) is 4.42 Å². The van der Waals surface area contributed by atoms with Gasteiger partial charge in [-0.3, -0.25) is 4.79 Å². The number of aromatic nitrogens is 1. The number of hydrogen-bond donors (Lipinski definition) is 1. The molecule has 1 heterocycles. The van der Waals surface area contributed by atoms with Gasteiger partial charge in [-0.2, -0.15) is 0 Å². The molecule has 1 fully saturated rings. The predicted octanol–water partition coefficient (Wildman–Crippen LogP) is 3.72. The fraction of sp³-hybridized carbons (Fsp3) is 0.444. The van der Waals surface area contributed by atoms with Gasteiger partial charge in [-0.15, -0.1) is 0 Å². The van der Waals surface area contributed by atoms with Gasteiger partial charge in [0.25, 0.3) is 0 Å². The summed E-state index contributed by atoms with van der Waals surface area (Å²) in [6.45, 7) is 0.560. The number of oxazole rings is 1. The minimum Gasteiger partial charge on any atom is -0.444 e. The molecule has 0 spiro atoms. The van der Waals surface area contributed by atoms with Gasteiger partial charge in [-0.25, -0.2) is 9.37 Å². The number of halogens is 1. The first-order valence-electron chi connectivity index (χ1n) is 8.20. The van der Waals surface area contributed by atoms with Crippen molar-refractivity contribution in [2.45, 2.75) is 38.5 Å².